The van der Waals surface area contributed by atoms with Crippen molar-refractivity contribution < 1.29 is 13.0 Å². The molecule has 0 bridgehead atoms. The van der Waals surface area contributed by atoms with Crippen molar-refractivity contribution in [1.29, 1.82) is 0 Å². The van der Waals surface area contributed by atoms with Gasteiger partial charge in [0.05, 0.1) is 11.4 Å². The molecule has 4 nitrogen and oxygen atoms in total. The first kappa shape index (κ1) is 12.9. The molecule has 0 spiro atoms. The minimum absolute atomic E-state index is 0.180. The third kappa shape index (κ3) is 2.84. The largest absolute Gasteiger partial charge is 0.296 e. The van der Waals surface area contributed by atoms with Crippen molar-refractivity contribution in [2.24, 2.45) is 4.99 Å². The van der Waals surface area contributed by atoms with Gasteiger partial charge in [-0.3, -0.25) is 9.55 Å². The molecular weight excluding hydrogens is 270 g/mol. The fourth-order valence-electron chi connectivity index (χ4n) is 1.49. The van der Waals surface area contributed by atoms with Gasteiger partial charge in [-0.15, -0.1) is 11.3 Å². The van der Waals surface area contributed by atoms with Gasteiger partial charge in [0.2, 0.25) is 0 Å². The van der Waals surface area contributed by atoms with Crippen LogP contribution in [0.15, 0.2) is 51.7 Å². The molecule has 18 heavy (non-hydrogen) atoms. The zero-order valence-electron chi connectivity index (χ0n) is 9.57. The monoisotopic (exact) mass is 281 g/mol. The summed E-state index contributed by atoms with van der Waals surface area (Å²) in [6, 6.07) is 9.90. The maximum atomic E-state index is 11.2. The summed E-state index contributed by atoms with van der Waals surface area (Å²) >= 11 is 1.52. The smallest absolute Gasteiger partial charge is 0.282 e. The molecule has 0 aliphatic heterocycles. The molecule has 0 aliphatic carbocycles. The van der Waals surface area contributed by atoms with E-state index in [0.29, 0.717) is 5.71 Å². The fraction of sp³-hybridized carbons (Fsp3) is 0.0833. The van der Waals surface area contributed by atoms with Gasteiger partial charge in [0.1, 0.15) is 4.90 Å². The summed E-state index contributed by atoms with van der Waals surface area (Å²) in [4.78, 5) is 5.03. The molecule has 94 valence electrons. The van der Waals surface area contributed by atoms with Crippen molar-refractivity contribution in [3.05, 3.63) is 46.7 Å². The van der Waals surface area contributed by atoms with E-state index in [4.69, 9.17) is 4.55 Å². The number of hydrogen-bond acceptors (Lipinski definition) is 4. The van der Waals surface area contributed by atoms with Crippen LogP contribution < -0.4 is 0 Å². The SMILES string of the molecule is CC(=Nc1ccccc1S(=O)(=O)O)c1cccs1. The number of benzene rings is 1. The molecule has 1 aromatic heterocycles. The van der Waals surface area contributed by atoms with Crippen LogP contribution in [-0.4, -0.2) is 18.7 Å². The van der Waals surface area contributed by atoms with Crippen molar-refractivity contribution in [3.63, 3.8) is 0 Å². The van der Waals surface area contributed by atoms with Crippen LogP contribution in [0.1, 0.15) is 11.8 Å². The lowest BCUT2D eigenvalue weighted by atomic mass is 10.3. The lowest BCUT2D eigenvalue weighted by Crippen LogP contribution is -1.99. The number of thiophene rings is 1. The van der Waals surface area contributed by atoms with E-state index in [-0.39, 0.29) is 10.6 Å². The Hall–Kier alpha value is -1.50. The van der Waals surface area contributed by atoms with Crippen LogP contribution in [0.2, 0.25) is 0 Å². The highest BCUT2D eigenvalue weighted by atomic mass is 32.2. The van der Waals surface area contributed by atoms with Crippen LogP contribution in [0.4, 0.5) is 5.69 Å². The van der Waals surface area contributed by atoms with Gasteiger partial charge in [0, 0.05) is 4.88 Å². The molecule has 2 aromatic rings. The van der Waals surface area contributed by atoms with Gasteiger partial charge in [0.15, 0.2) is 0 Å². The average Bonchev–Trinajstić information content (AvgIpc) is 2.81. The van der Waals surface area contributed by atoms with Gasteiger partial charge in [-0.25, -0.2) is 0 Å². The summed E-state index contributed by atoms with van der Waals surface area (Å²) in [5, 5.41) is 1.92. The molecule has 0 atom stereocenters. The van der Waals surface area contributed by atoms with Gasteiger partial charge < -0.3 is 0 Å². The van der Waals surface area contributed by atoms with E-state index in [1.54, 1.807) is 25.1 Å². The van der Waals surface area contributed by atoms with Gasteiger partial charge in [-0.2, -0.15) is 8.42 Å². The Morgan fingerprint density at radius 2 is 1.94 bits per heavy atom. The van der Waals surface area contributed by atoms with Gasteiger partial charge in [-0.05, 0) is 30.5 Å². The Morgan fingerprint density at radius 3 is 2.56 bits per heavy atom. The lowest BCUT2D eigenvalue weighted by Gasteiger charge is -2.03. The first-order chi connectivity index (χ1) is 8.48. The van der Waals surface area contributed by atoms with E-state index in [0.717, 1.165) is 4.88 Å². The summed E-state index contributed by atoms with van der Waals surface area (Å²) in [5.74, 6) is 0. The average molecular weight is 281 g/mol. The number of para-hydroxylation sites is 1. The summed E-state index contributed by atoms with van der Waals surface area (Å²) in [5.41, 5.74) is 0.951. The first-order valence-corrected chi connectivity index (χ1v) is 7.46. The quantitative estimate of drug-likeness (QED) is 0.694. The van der Waals surface area contributed by atoms with E-state index < -0.39 is 10.1 Å². The molecule has 0 aliphatic rings. The molecule has 1 heterocycles. The second-order valence-corrected chi connectivity index (χ2v) is 5.95. The molecule has 0 fully saturated rings. The Balaban J connectivity index is 2.51. The van der Waals surface area contributed by atoms with E-state index >= 15 is 0 Å². The molecule has 6 heteroatoms. The zero-order valence-corrected chi connectivity index (χ0v) is 11.2. The molecule has 0 saturated heterocycles. The standard InChI is InChI=1S/C12H11NO3S2/c1-9(11-6-4-8-17-11)13-10-5-2-3-7-12(10)18(14,15)16/h2-8H,1H3,(H,14,15,16). The van der Waals surface area contributed by atoms with E-state index in [9.17, 15) is 8.42 Å². The van der Waals surface area contributed by atoms with Gasteiger partial charge in [-0.1, -0.05) is 18.2 Å². The van der Waals surface area contributed by atoms with Crippen molar-refractivity contribution >= 4 is 32.9 Å². The van der Waals surface area contributed by atoms with Gasteiger partial charge >= 0.3 is 0 Å². The Morgan fingerprint density at radius 1 is 1.22 bits per heavy atom. The highest BCUT2D eigenvalue weighted by Gasteiger charge is 2.14. The van der Waals surface area contributed by atoms with E-state index in [2.05, 4.69) is 4.99 Å². The molecule has 2 rings (SSSR count). The highest BCUT2D eigenvalue weighted by molar-refractivity contribution is 7.86. The third-order valence-corrected chi connectivity index (χ3v) is 4.19. The topological polar surface area (TPSA) is 66.7 Å². The molecule has 0 unspecified atom stereocenters. The van der Waals surface area contributed by atoms with Crippen molar-refractivity contribution in [3.8, 4) is 0 Å². The number of rotatable bonds is 3. The maximum Gasteiger partial charge on any atom is 0.296 e. The molecule has 0 saturated carbocycles. The van der Waals surface area contributed by atoms with Crippen LogP contribution in [0, 0.1) is 0 Å². The Bertz CT molecular complexity index is 673. The molecular formula is C12H11NO3S2. The summed E-state index contributed by atoms with van der Waals surface area (Å²) in [7, 11) is -4.25. The second kappa shape index (κ2) is 5.01. The predicted octanol–water partition coefficient (Wildman–Crippen LogP) is 3.14. The van der Waals surface area contributed by atoms with Crippen LogP contribution >= 0.6 is 11.3 Å². The first-order valence-electron chi connectivity index (χ1n) is 5.14. The molecule has 0 amide bonds. The van der Waals surface area contributed by atoms with Crippen molar-refractivity contribution in [2.75, 3.05) is 0 Å². The normalized spacial score (nSPS) is 12.7. The van der Waals surface area contributed by atoms with E-state index in [1.165, 1.54) is 17.4 Å². The highest BCUT2D eigenvalue weighted by Crippen LogP contribution is 2.25. The molecule has 1 aromatic carbocycles. The van der Waals surface area contributed by atoms with Crippen LogP contribution in [0.25, 0.3) is 0 Å². The molecule has 1 N–H and O–H groups in total. The summed E-state index contributed by atoms with van der Waals surface area (Å²) in [6.45, 7) is 1.80. The lowest BCUT2D eigenvalue weighted by molar-refractivity contribution is 0.483. The zero-order chi connectivity index (χ0) is 13.2. The summed E-state index contributed by atoms with van der Waals surface area (Å²) < 4.78 is 31.5. The second-order valence-electron chi connectivity index (χ2n) is 3.62. The van der Waals surface area contributed by atoms with Gasteiger partial charge in [0.25, 0.3) is 10.1 Å². The maximum absolute atomic E-state index is 11.2. The minimum atomic E-state index is -4.25. The fourth-order valence-corrected chi connectivity index (χ4v) is 2.79. The van der Waals surface area contributed by atoms with E-state index in [1.807, 2.05) is 17.5 Å². The Labute approximate surface area is 109 Å². The summed E-state index contributed by atoms with van der Waals surface area (Å²) in [6.07, 6.45) is 0. The van der Waals surface area contributed by atoms with Crippen LogP contribution in [0.5, 0.6) is 0 Å². The van der Waals surface area contributed by atoms with Crippen LogP contribution in [0.3, 0.4) is 0 Å². The number of aliphatic imine (C=N–C) groups is 1. The third-order valence-electron chi connectivity index (χ3n) is 2.31. The van der Waals surface area contributed by atoms with Crippen LogP contribution in [-0.2, 0) is 10.1 Å². The predicted molar refractivity (Wildman–Crippen MR) is 72.4 cm³/mol. The number of nitrogens with zero attached hydrogens (tertiary/aromatic N) is 1. The van der Waals surface area contributed by atoms with Crippen molar-refractivity contribution in [2.45, 2.75) is 11.8 Å². The Kier molecular flexibility index (Phi) is 3.60. The minimum Gasteiger partial charge on any atom is -0.282 e. The number of hydrogen-bond donors (Lipinski definition) is 1. The molecule has 0 radical (unpaired) electrons. The van der Waals surface area contributed by atoms with Crippen molar-refractivity contribution in [1.82, 2.24) is 0 Å².